The molecule has 1 heterocycles. The summed E-state index contributed by atoms with van der Waals surface area (Å²) in [5, 5.41) is 0.801. The molecule has 1 aromatic heterocycles. The Bertz CT molecular complexity index is 700. The lowest BCUT2D eigenvalue weighted by Gasteiger charge is -2.09. The molecule has 0 atom stereocenters. The zero-order chi connectivity index (χ0) is 13.5. The number of aryl methyl sites for hydroxylation is 1. The predicted octanol–water partition coefficient (Wildman–Crippen LogP) is 1.77. The van der Waals surface area contributed by atoms with Crippen LogP contribution in [-0.4, -0.2) is 32.9 Å². The van der Waals surface area contributed by atoms with Crippen molar-refractivity contribution in [3.05, 3.63) is 23.9 Å². The average Bonchev–Trinajstić information content (AvgIpc) is 2.61. The van der Waals surface area contributed by atoms with E-state index in [1.165, 1.54) is 17.3 Å². The fraction of sp³-hybridized carbons (Fsp3) is 0.333. The summed E-state index contributed by atoms with van der Waals surface area (Å²) in [6.45, 7) is 1.75. The van der Waals surface area contributed by atoms with Crippen LogP contribution in [0.4, 0.5) is 0 Å². The zero-order valence-corrected chi connectivity index (χ0v) is 11.5. The molecule has 1 aromatic carbocycles. The van der Waals surface area contributed by atoms with Crippen molar-refractivity contribution in [3.8, 4) is 11.5 Å². The van der Waals surface area contributed by atoms with Gasteiger partial charge in [-0.2, -0.15) is 0 Å². The lowest BCUT2D eigenvalue weighted by atomic mass is 10.2. The number of hydrogen-bond acceptors (Lipinski definition) is 4. The molecule has 0 saturated heterocycles. The second-order valence-corrected chi connectivity index (χ2v) is 5.91. The Kier molecular flexibility index (Phi) is 2.98. The van der Waals surface area contributed by atoms with E-state index in [0.717, 1.165) is 5.39 Å². The third-order valence-corrected chi connectivity index (χ3v) is 3.92. The van der Waals surface area contributed by atoms with Gasteiger partial charge >= 0.3 is 0 Å². The topological polar surface area (TPSA) is 57.5 Å². The van der Waals surface area contributed by atoms with Crippen molar-refractivity contribution < 1.29 is 17.9 Å². The number of methoxy groups -OCH3 is 2. The smallest absolute Gasteiger partial charge is 0.236 e. The summed E-state index contributed by atoms with van der Waals surface area (Å²) >= 11 is 0. The van der Waals surface area contributed by atoms with Crippen molar-refractivity contribution >= 4 is 20.9 Å². The van der Waals surface area contributed by atoms with Gasteiger partial charge in [-0.3, -0.25) is 0 Å². The Morgan fingerprint density at radius 3 is 2.11 bits per heavy atom. The monoisotopic (exact) mass is 269 g/mol. The summed E-state index contributed by atoms with van der Waals surface area (Å²) in [4.78, 5) is 0. The van der Waals surface area contributed by atoms with Crippen LogP contribution in [0.15, 0.2) is 18.2 Å². The summed E-state index contributed by atoms with van der Waals surface area (Å²) in [6.07, 6.45) is 1.18. The predicted molar refractivity (Wildman–Crippen MR) is 70.0 cm³/mol. The van der Waals surface area contributed by atoms with Crippen molar-refractivity contribution in [2.45, 2.75) is 6.92 Å². The maximum absolute atomic E-state index is 11.8. The van der Waals surface area contributed by atoms with Gasteiger partial charge in [0.05, 0.1) is 26.0 Å². The summed E-state index contributed by atoms with van der Waals surface area (Å²) in [5.74, 6) is 1.09. The van der Waals surface area contributed by atoms with Crippen LogP contribution in [0.1, 0.15) is 5.69 Å². The number of rotatable bonds is 3. The molecule has 0 amide bonds. The first kappa shape index (κ1) is 12.8. The molecular weight excluding hydrogens is 254 g/mol. The van der Waals surface area contributed by atoms with Crippen LogP contribution >= 0.6 is 0 Å². The third kappa shape index (κ3) is 1.92. The average molecular weight is 269 g/mol. The first-order valence-electron chi connectivity index (χ1n) is 5.33. The van der Waals surface area contributed by atoms with Crippen LogP contribution in [0.3, 0.4) is 0 Å². The van der Waals surface area contributed by atoms with E-state index < -0.39 is 10.0 Å². The molecule has 98 valence electrons. The highest BCUT2D eigenvalue weighted by Gasteiger charge is 2.16. The highest BCUT2D eigenvalue weighted by atomic mass is 32.2. The van der Waals surface area contributed by atoms with Gasteiger partial charge in [0.25, 0.3) is 0 Å². The van der Waals surface area contributed by atoms with Gasteiger partial charge in [-0.15, -0.1) is 0 Å². The van der Waals surface area contributed by atoms with Crippen molar-refractivity contribution in [3.63, 3.8) is 0 Å². The highest BCUT2D eigenvalue weighted by molar-refractivity contribution is 7.89. The highest BCUT2D eigenvalue weighted by Crippen LogP contribution is 2.34. The van der Waals surface area contributed by atoms with E-state index in [4.69, 9.17) is 9.47 Å². The van der Waals surface area contributed by atoms with E-state index in [2.05, 4.69) is 0 Å². The lowest BCUT2D eigenvalue weighted by Crippen LogP contribution is -2.11. The number of fused-ring (bicyclic) bond motifs is 1. The van der Waals surface area contributed by atoms with Crippen LogP contribution in [0.25, 0.3) is 10.9 Å². The Hall–Kier alpha value is -1.69. The normalized spacial score (nSPS) is 11.8. The summed E-state index contributed by atoms with van der Waals surface area (Å²) in [7, 11) is -0.277. The molecule has 0 N–H and O–H groups in total. The van der Waals surface area contributed by atoms with Crippen LogP contribution in [-0.2, 0) is 10.0 Å². The second kappa shape index (κ2) is 4.20. The minimum atomic E-state index is -3.34. The van der Waals surface area contributed by atoms with Crippen molar-refractivity contribution in [2.24, 2.45) is 0 Å². The van der Waals surface area contributed by atoms with Gasteiger partial charge in [0.1, 0.15) is 0 Å². The van der Waals surface area contributed by atoms with Gasteiger partial charge < -0.3 is 9.47 Å². The molecular formula is C12H15NO4S. The van der Waals surface area contributed by atoms with Crippen molar-refractivity contribution in [1.29, 1.82) is 0 Å². The molecule has 2 rings (SSSR count). The maximum atomic E-state index is 11.8. The van der Waals surface area contributed by atoms with Crippen LogP contribution < -0.4 is 9.47 Å². The third-order valence-electron chi connectivity index (χ3n) is 2.77. The number of ether oxygens (including phenoxy) is 2. The van der Waals surface area contributed by atoms with Gasteiger partial charge in [0.15, 0.2) is 11.5 Å². The standard InChI is InChI=1S/C12H15NO4S/c1-8-5-9-6-11(16-2)12(17-3)7-10(9)13(8)18(4,14)15/h5-7H,1-4H3. The maximum Gasteiger partial charge on any atom is 0.236 e. The molecule has 0 aliphatic rings. The Labute approximate surface area is 106 Å². The Balaban J connectivity index is 2.87. The SMILES string of the molecule is COc1cc2cc(C)n(S(C)(=O)=O)c2cc1OC. The molecule has 0 spiro atoms. The van der Waals surface area contributed by atoms with E-state index >= 15 is 0 Å². The van der Waals surface area contributed by atoms with Crippen LogP contribution in [0.2, 0.25) is 0 Å². The van der Waals surface area contributed by atoms with E-state index in [0.29, 0.717) is 22.7 Å². The summed E-state index contributed by atoms with van der Waals surface area (Å²) in [5.41, 5.74) is 1.25. The number of hydrogen-bond donors (Lipinski definition) is 0. The zero-order valence-electron chi connectivity index (χ0n) is 10.7. The van der Waals surface area contributed by atoms with E-state index in [1.807, 2.05) is 0 Å². The number of benzene rings is 1. The molecule has 18 heavy (non-hydrogen) atoms. The molecule has 0 radical (unpaired) electrons. The quantitative estimate of drug-likeness (QED) is 0.852. The van der Waals surface area contributed by atoms with Crippen LogP contribution in [0.5, 0.6) is 11.5 Å². The fourth-order valence-corrected chi connectivity index (χ4v) is 3.18. The first-order chi connectivity index (χ1) is 8.38. The van der Waals surface area contributed by atoms with Crippen molar-refractivity contribution in [2.75, 3.05) is 20.5 Å². The molecule has 0 saturated carbocycles. The summed E-state index contributed by atoms with van der Waals surface area (Å²) in [6, 6.07) is 5.24. The van der Waals surface area contributed by atoms with E-state index in [-0.39, 0.29) is 0 Å². The lowest BCUT2D eigenvalue weighted by molar-refractivity contribution is 0.356. The van der Waals surface area contributed by atoms with Gasteiger partial charge in [0, 0.05) is 17.1 Å². The first-order valence-corrected chi connectivity index (χ1v) is 7.18. The molecule has 6 heteroatoms. The van der Waals surface area contributed by atoms with Gasteiger partial charge in [-0.1, -0.05) is 0 Å². The summed E-state index contributed by atoms with van der Waals surface area (Å²) < 4.78 is 35.2. The van der Waals surface area contributed by atoms with Crippen molar-refractivity contribution in [1.82, 2.24) is 3.97 Å². The van der Waals surface area contributed by atoms with Gasteiger partial charge in [0.2, 0.25) is 10.0 Å². The minimum Gasteiger partial charge on any atom is -0.493 e. The number of nitrogens with zero attached hydrogens (tertiary/aromatic N) is 1. The van der Waals surface area contributed by atoms with E-state index in [1.54, 1.807) is 32.2 Å². The molecule has 0 fully saturated rings. The second-order valence-electron chi connectivity index (χ2n) is 4.08. The van der Waals surface area contributed by atoms with Gasteiger partial charge in [-0.05, 0) is 19.1 Å². The Morgan fingerprint density at radius 2 is 1.61 bits per heavy atom. The molecule has 5 nitrogen and oxygen atoms in total. The van der Waals surface area contributed by atoms with E-state index in [9.17, 15) is 8.42 Å². The molecule has 0 bridgehead atoms. The Morgan fingerprint density at radius 1 is 1.06 bits per heavy atom. The molecule has 2 aromatic rings. The fourth-order valence-electron chi connectivity index (χ4n) is 2.09. The molecule has 0 unspecified atom stereocenters. The number of aromatic nitrogens is 1. The molecule has 0 aliphatic carbocycles. The van der Waals surface area contributed by atoms with Gasteiger partial charge in [-0.25, -0.2) is 12.4 Å². The largest absolute Gasteiger partial charge is 0.493 e. The van der Waals surface area contributed by atoms with Crippen LogP contribution in [0, 0.1) is 6.92 Å². The molecule has 0 aliphatic heterocycles. The minimum absolute atomic E-state index is 0.507.